The summed E-state index contributed by atoms with van der Waals surface area (Å²) in [5.74, 6) is -1.96. The van der Waals surface area contributed by atoms with Gasteiger partial charge in [-0.25, -0.2) is 8.51 Å². The van der Waals surface area contributed by atoms with Crippen molar-refractivity contribution < 1.29 is 23.2 Å². The van der Waals surface area contributed by atoms with Gasteiger partial charge in [-0.3, -0.25) is 0 Å². The highest BCUT2D eigenvalue weighted by Crippen LogP contribution is 2.41. The van der Waals surface area contributed by atoms with E-state index in [-0.39, 0.29) is 16.9 Å². The molecule has 2 heterocycles. The maximum Gasteiger partial charge on any atom is 0.220 e. The van der Waals surface area contributed by atoms with E-state index in [4.69, 9.17) is 18.9 Å². The van der Waals surface area contributed by atoms with Crippen molar-refractivity contribution in [3.05, 3.63) is 0 Å². The molecule has 2 fully saturated rings. The minimum atomic E-state index is -1.03. The molecule has 2 aliphatic rings. The van der Waals surface area contributed by atoms with E-state index in [1.807, 2.05) is 25.1 Å². The van der Waals surface area contributed by atoms with Gasteiger partial charge in [0.05, 0.1) is 17.4 Å². The number of ether oxygens (including phenoxy) is 4. The van der Waals surface area contributed by atoms with E-state index in [1.54, 1.807) is 28.1 Å². The van der Waals surface area contributed by atoms with Gasteiger partial charge in [0.2, 0.25) is 11.6 Å². The molecule has 21 heavy (non-hydrogen) atoms. The lowest BCUT2D eigenvalue weighted by Crippen LogP contribution is -2.63. The second-order valence-electron chi connectivity index (χ2n) is 6.80. The van der Waals surface area contributed by atoms with Crippen molar-refractivity contribution >= 4 is 11.0 Å². The third-order valence-electron chi connectivity index (χ3n) is 4.27. The van der Waals surface area contributed by atoms with Crippen molar-refractivity contribution in [2.45, 2.75) is 63.1 Å². The van der Waals surface area contributed by atoms with Crippen molar-refractivity contribution in [3.63, 3.8) is 0 Å². The molecule has 0 amide bonds. The Morgan fingerprint density at radius 2 is 1.76 bits per heavy atom. The first-order chi connectivity index (χ1) is 9.58. The lowest BCUT2D eigenvalue weighted by Gasteiger charge is -2.49. The van der Waals surface area contributed by atoms with Crippen LogP contribution < -0.4 is 0 Å². The van der Waals surface area contributed by atoms with Crippen molar-refractivity contribution in [2.75, 3.05) is 27.4 Å². The maximum absolute atomic E-state index is 12.4. The molecule has 0 N–H and O–H groups in total. The molecule has 0 aromatic carbocycles. The van der Waals surface area contributed by atoms with Crippen molar-refractivity contribution in [3.8, 4) is 0 Å². The first-order valence-electron chi connectivity index (χ1n) is 7.18. The topological polar surface area (TPSA) is 57.0 Å². The highest BCUT2D eigenvalue weighted by Gasteiger charge is 2.58. The fraction of sp³-hybridized carbons (Fsp3) is 1.00. The van der Waals surface area contributed by atoms with Crippen molar-refractivity contribution in [2.24, 2.45) is 0 Å². The summed E-state index contributed by atoms with van der Waals surface area (Å²) in [5, 5.41) is 0. The van der Waals surface area contributed by atoms with Gasteiger partial charge in [-0.2, -0.15) is 0 Å². The summed E-state index contributed by atoms with van der Waals surface area (Å²) in [6, 6.07) is 0.0981. The molecule has 0 saturated carbocycles. The zero-order chi connectivity index (χ0) is 16.1. The predicted octanol–water partition coefficient (Wildman–Crippen LogP) is 1.27. The summed E-state index contributed by atoms with van der Waals surface area (Å²) in [7, 11) is 2.11. The summed E-state index contributed by atoms with van der Waals surface area (Å²) in [5.41, 5.74) is 0. The maximum atomic E-state index is 12.4. The van der Waals surface area contributed by atoms with E-state index in [9.17, 15) is 4.21 Å². The van der Waals surface area contributed by atoms with Crippen LogP contribution in [0.3, 0.4) is 0 Å². The smallest absolute Gasteiger partial charge is 0.220 e. The first-order valence-corrected chi connectivity index (χ1v) is 8.29. The zero-order valence-electron chi connectivity index (χ0n) is 14.0. The second kappa shape index (κ2) is 5.54. The van der Waals surface area contributed by atoms with E-state index in [0.717, 1.165) is 6.54 Å². The highest BCUT2D eigenvalue weighted by molar-refractivity contribution is 7.84. The first kappa shape index (κ1) is 17.3. The van der Waals surface area contributed by atoms with Gasteiger partial charge in [-0.15, -0.1) is 0 Å². The normalized spacial score (nSPS) is 45.4. The van der Waals surface area contributed by atoms with Crippen LogP contribution in [0.2, 0.25) is 0 Å². The molecular formula is C14H27NO5S. The number of methoxy groups -OCH3 is 2. The Bertz CT molecular complexity index is 426. The van der Waals surface area contributed by atoms with Gasteiger partial charge in [0.25, 0.3) is 0 Å². The average molecular weight is 321 g/mol. The Morgan fingerprint density at radius 1 is 1.19 bits per heavy atom. The molecule has 2 rings (SSSR count). The Balaban J connectivity index is 2.05. The van der Waals surface area contributed by atoms with Crippen molar-refractivity contribution in [1.82, 2.24) is 4.31 Å². The summed E-state index contributed by atoms with van der Waals surface area (Å²) in [6.07, 6.45) is -0.176. The van der Waals surface area contributed by atoms with E-state index in [0.29, 0.717) is 6.61 Å². The van der Waals surface area contributed by atoms with Crippen LogP contribution >= 0.6 is 0 Å². The molecule has 0 bridgehead atoms. The van der Waals surface area contributed by atoms with Gasteiger partial charge in [0.15, 0.2) is 0 Å². The van der Waals surface area contributed by atoms with Gasteiger partial charge >= 0.3 is 0 Å². The van der Waals surface area contributed by atoms with Gasteiger partial charge in [0, 0.05) is 20.8 Å². The van der Waals surface area contributed by atoms with Crippen LogP contribution in [0.5, 0.6) is 0 Å². The van der Waals surface area contributed by atoms with Crippen LogP contribution in [-0.4, -0.2) is 64.4 Å². The SMILES string of the molecule is CO[C@]1(C)OC[C@H](C2CN2S(=O)C(C)(C)C)O[C@@]1(C)OC. The third kappa shape index (κ3) is 3.04. The second-order valence-corrected chi connectivity index (χ2v) is 8.99. The molecule has 2 aliphatic heterocycles. The minimum Gasteiger partial charge on any atom is -0.349 e. The summed E-state index contributed by atoms with van der Waals surface area (Å²) < 4.78 is 36.9. The molecule has 0 aliphatic carbocycles. The number of rotatable bonds is 4. The van der Waals surface area contributed by atoms with Crippen LogP contribution in [0.15, 0.2) is 0 Å². The largest absolute Gasteiger partial charge is 0.349 e. The fourth-order valence-electron chi connectivity index (χ4n) is 2.45. The third-order valence-corrected chi connectivity index (χ3v) is 6.17. The van der Waals surface area contributed by atoms with Gasteiger partial charge < -0.3 is 18.9 Å². The molecule has 7 heteroatoms. The Morgan fingerprint density at radius 3 is 2.24 bits per heavy atom. The quantitative estimate of drug-likeness (QED) is 0.730. The summed E-state index contributed by atoms with van der Waals surface area (Å²) in [6.45, 7) is 10.7. The van der Waals surface area contributed by atoms with Crippen LogP contribution in [0, 0.1) is 0 Å². The molecule has 6 atom stereocenters. The lowest BCUT2D eigenvalue weighted by molar-refractivity contribution is -0.431. The van der Waals surface area contributed by atoms with E-state index in [1.165, 1.54) is 0 Å². The Kier molecular flexibility index (Phi) is 4.57. The molecule has 0 radical (unpaired) electrons. The standard InChI is InChI=1S/C14H27NO5S/c1-12(2,3)21(16)15-8-10(15)11-9-19-13(4,17-6)14(5,18-7)20-11/h10-11H,8-9H2,1-7H3/t10?,11-,13-,14-,15?,21?/m1/s1. The summed E-state index contributed by atoms with van der Waals surface area (Å²) in [4.78, 5) is 0. The molecule has 3 unspecified atom stereocenters. The zero-order valence-corrected chi connectivity index (χ0v) is 14.8. The lowest BCUT2D eigenvalue weighted by atomic mass is 10.1. The monoisotopic (exact) mass is 321 g/mol. The molecule has 124 valence electrons. The van der Waals surface area contributed by atoms with Crippen molar-refractivity contribution in [1.29, 1.82) is 0 Å². The number of hydrogen-bond donors (Lipinski definition) is 0. The van der Waals surface area contributed by atoms with E-state index < -0.39 is 22.6 Å². The Labute approximate surface area is 129 Å². The van der Waals surface area contributed by atoms with Gasteiger partial charge in [-0.1, -0.05) is 0 Å². The fourth-order valence-corrected chi connectivity index (χ4v) is 3.83. The predicted molar refractivity (Wildman–Crippen MR) is 80.0 cm³/mol. The molecule has 0 spiro atoms. The molecule has 6 nitrogen and oxygen atoms in total. The van der Waals surface area contributed by atoms with Gasteiger partial charge in [0.1, 0.15) is 17.1 Å². The Hall–Kier alpha value is -0.0500. The van der Waals surface area contributed by atoms with E-state index in [2.05, 4.69) is 0 Å². The molecule has 0 aromatic heterocycles. The van der Waals surface area contributed by atoms with Crippen LogP contribution in [0.4, 0.5) is 0 Å². The van der Waals surface area contributed by atoms with Gasteiger partial charge in [-0.05, 0) is 34.6 Å². The number of hydrogen-bond acceptors (Lipinski definition) is 5. The number of nitrogens with zero attached hydrogens (tertiary/aromatic N) is 1. The molecule has 2 saturated heterocycles. The molecule has 0 aromatic rings. The molecular weight excluding hydrogens is 294 g/mol. The average Bonchev–Trinajstić information content (AvgIpc) is 3.20. The summed E-state index contributed by atoms with van der Waals surface area (Å²) >= 11 is 0. The minimum absolute atomic E-state index is 0.0981. The highest BCUT2D eigenvalue weighted by atomic mass is 32.2. The van der Waals surface area contributed by atoms with E-state index >= 15 is 0 Å². The van der Waals surface area contributed by atoms with Crippen LogP contribution in [-0.2, 0) is 29.9 Å². The van der Waals surface area contributed by atoms with Crippen LogP contribution in [0.1, 0.15) is 34.6 Å². The van der Waals surface area contributed by atoms with Crippen LogP contribution in [0.25, 0.3) is 0 Å².